The van der Waals surface area contributed by atoms with E-state index < -0.39 is 11.6 Å². The number of carbonyl (C=O) groups is 2. The Balaban J connectivity index is 2.23. The molecule has 0 fully saturated rings. The first kappa shape index (κ1) is 25.0. The second kappa shape index (κ2) is 10.4. The van der Waals surface area contributed by atoms with E-state index in [9.17, 15) is 9.59 Å². The number of carbonyl (C=O) groups excluding carboxylic acids is 2. The Kier molecular flexibility index (Phi) is 8.38. The highest BCUT2D eigenvalue weighted by molar-refractivity contribution is 6.42. The Morgan fingerprint density at radius 2 is 1.65 bits per heavy atom. The fourth-order valence-electron chi connectivity index (χ4n) is 3.14. The highest BCUT2D eigenvalue weighted by atomic mass is 35.5. The molecule has 0 aromatic heterocycles. The van der Waals surface area contributed by atoms with Crippen molar-refractivity contribution in [3.63, 3.8) is 0 Å². The van der Waals surface area contributed by atoms with Gasteiger partial charge >= 0.3 is 0 Å². The summed E-state index contributed by atoms with van der Waals surface area (Å²) in [6.07, 6.45) is 0. The summed E-state index contributed by atoms with van der Waals surface area (Å²) < 4.78 is 5.75. The van der Waals surface area contributed by atoms with E-state index in [0.29, 0.717) is 15.8 Å². The van der Waals surface area contributed by atoms with Crippen LogP contribution in [0, 0.1) is 13.8 Å². The van der Waals surface area contributed by atoms with Crippen LogP contribution in [0.4, 0.5) is 0 Å². The standard InChI is InChI=1S/C24H30Cl2N2O3/c1-15-9-16(2)11-19(10-15)31-14-22(29)28(17(3)23(30)27-24(4,5)6)13-18-7-8-20(25)21(26)12-18/h7-12,17H,13-14H2,1-6H3,(H,27,30). The van der Waals surface area contributed by atoms with Crippen LogP contribution in [0.5, 0.6) is 5.75 Å². The van der Waals surface area contributed by atoms with Crippen molar-refractivity contribution >= 4 is 35.0 Å². The van der Waals surface area contributed by atoms with Gasteiger partial charge in [0.25, 0.3) is 5.91 Å². The van der Waals surface area contributed by atoms with Crippen LogP contribution < -0.4 is 10.1 Å². The molecular formula is C24H30Cl2N2O3. The molecule has 0 aliphatic heterocycles. The van der Waals surface area contributed by atoms with E-state index in [1.807, 2.05) is 52.8 Å². The van der Waals surface area contributed by atoms with Gasteiger partial charge in [-0.3, -0.25) is 9.59 Å². The van der Waals surface area contributed by atoms with Crippen LogP contribution >= 0.6 is 23.2 Å². The number of aryl methyl sites for hydroxylation is 2. The fourth-order valence-corrected chi connectivity index (χ4v) is 3.46. The first-order valence-electron chi connectivity index (χ1n) is 10.1. The van der Waals surface area contributed by atoms with Gasteiger partial charge in [-0.15, -0.1) is 0 Å². The lowest BCUT2D eigenvalue weighted by molar-refractivity contribution is -0.142. The third-order valence-electron chi connectivity index (χ3n) is 4.56. The topological polar surface area (TPSA) is 58.6 Å². The SMILES string of the molecule is Cc1cc(C)cc(OCC(=O)N(Cc2ccc(Cl)c(Cl)c2)C(C)C(=O)NC(C)(C)C)c1. The number of halogens is 2. The van der Waals surface area contributed by atoms with Crippen LogP contribution in [0.15, 0.2) is 36.4 Å². The van der Waals surface area contributed by atoms with Crippen LogP contribution in [-0.4, -0.2) is 34.9 Å². The molecule has 2 rings (SSSR count). The quantitative estimate of drug-likeness (QED) is 0.602. The van der Waals surface area contributed by atoms with Crippen molar-refractivity contribution in [2.75, 3.05) is 6.61 Å². The van der Waals surface area contributed by atoms with E-state index in [2.05, 4.69) is 5.32 Å². The molecule has 0 aliphatic rings. The van der Waals surface area contributed by atoms with Gasteiger partial charge in [-0.1, -0.05) is 35.3 Å². The minimum absolute atomic E-state index is 0.183. The normalized spacial score (nSPS) is 12.3. The molecule has 2 aromatic rings. The Bertz CT molecular complexity index is 934. The minimum atomic E-state index is -0.705. The van der Waals surface area contributed by atoms with E-state index in [1.165, 1.54) is 4.90 Å². The Hall–Kier alpha value is -2.24. The number of nitrogens with zero attached hydrogens (tertiary/aromatic N) is 1. The Morgan fingerprint density at radius 3 is 2.19 bits per heavy atom. The molecule has 0 saturated heterocycles. The van der Waals surface area contributed by atoms with E-state index in [-0.39, 0.29) is 25.0 Å². The Morgan fingerprint density at radius 1 is 1.03 bits per heavy atom. The Labute approximate surface area is 194 Å². The van der Waals surface area contributed by atoms with E-state index in [4.69, 9.17) is 27.9 Å². The molecule has 2 aromatic carbocycles. The zero-order valence-electron chi connectivity index (χ0n) is 18.9. The van der Waals surface area contributed by atoms with Crippen molar-refractivity contribution < 1.29 is 14.3 Å². The lowest BCUT2D eigenvalue weighted by Gasteiger charge is -2.31. The van der Waals surface area contributed by atoms with Gasteiger partial charge in [0.15, 0.2) is 6.61 Å². The van der Waals surface area contributed by atoms with E-state index >= 15 is 0 Å². The third-order valence-corrected chi connectivity index (χ3v) is 5.30. The molecule has 0 radical (unpaired) electrons. The third kappa shape index (κ3) is 7.75. The molecule has 0 spiro atoms. The maximum atomic E-state index is 13.1. The zero-order valence-corrected chi connectivity index (χ0v) is 20.4. The largest absolute Gasteiger partial charge is 0.484 e. The molecule has 5 nitrogen and oxygen atoms in total. The van der Waals surface area contributed by atoms with E-state index in [1.54, 1.807) is 25.1 Å². The first-order valence-corrected chi connectivity index (χ1v) is 10.9. The van der Waals surface area contributed by atoms with Gasteiger partial charge in [-0.2, -0.15) is 0 Å². The van der Waals surface area contributed by atoms with Crippen LogP contribution in [0.3, 0.4) is 0 Å². The second-order valence-electron chi connectivity index (χ2n) is 8.80. The predicted octanol–water partition coefficient (Wildman–Crippen LogP) is 5.32. The summed E-state index contributed by atoms with van der Waals surface area (Å²) >= 11 is 12.1. The summed E-state index contributed by atoms with van der Waals surface area (Å²) in [4.78, 5) is 27.4. The number of amides is 2. The number of hydrogen-bond donors (Lipinski definition) is 1. The molecule has 168 valence electrons. The monoisotopic (exact) mass is 464 g/mol. The van der Waals surface area contributed by atoms with Gasteiger partial charge < -0.3 is 15.0 Å². The summed E-state index contributed by atoms with van der Waals surface area (Å²) in [6.45, 7) is 11.3. The summed E-state index contributed by atoms with van der Waals surface area (Å²) in [7, 11) is 0. The number of rotatable bonds is 7. The molecule has 2 amide bonds. The molecule has 0 bridgehead atoms. The molecule has 1 atom stereocenters. The van der Waals surface area contributed by atoms with Gasteiger partial charge in [-0.05, 0) is 82.5 Å². The molecule has 7 heteroatoms. The lowest BCUT2D eigenvalue weighted by atomic mass is 10.1. The average molecular weight is 465 g/mol. The maximum Gasteiger partial charge on any atom is 0.261 e. The molecule has 0 heterocycles. The number of ether oxygens (including phenoxy) is 1. The molecule has 0 saturated carbocycles. The zero-order chi connectivity index (χ0) is 23.3. The van der Waals surface area contributed by atoms with Crippen molar-refractivity contribution in [2.45, 2.75) is 59.7 Å². The maximum absolute atomic E-state index is 13.1. The van der Waals surface area contributed by atoms with Gasteiger partial charge in [0.05, 0.1) is 10.0 Å². The summed E-state index contributed by atoms with van der Waals surface area (Å²) in [5.41, 5.74) is 2.45. The summed E-state index contributed by atoms with van der Waals surface area (Å²) in [6, 6.07) is 10.2. The predicted molar refractivity (Wildman–Crippen MR) is 126 cm³/mol. The van der Waals surface area contributed by atoms with Crippen LogP contribution in [0.1, 0.15) is 44.4 Å². The fraction of sp³-hybridized carbons (Fsp3) is 0.417. The van der Waals surface area contributed by atoms with E-state index in [0.717, 1.165) is 16.7 Å². The van der Waals surface area contributed by atoms with Crippen molar-refractivity contribution in [2.24, 2.45) is 0 Å². The van der Waals surface area contributed by atoms with Crippen molar-refractivity contribution in [3.8, 4) is 5.75 Å². The molecular weight excluding hydrogens is 435 g/mol. The lowest BCUT2D eigenvalue weighted by Crippen LogP contribution is -2.53. The van der Waals surface area contributed by atoms with Crippen LogP contribution in [-0.2, 0) is 16.1 Å². The van der Waals surface area contributed by atoms with Gasteiger partial charge in [0, 0.05) is 12.1 Å². The minimum Gasteiger partial charge on any atom is -0.484 e. The highest BCUT2D eigenvalue weighted by Gasteiger charge is 2.28. The summed E-state index contributed by atoms with van der Waals surface area (Å²) in [5.74, 6) is 0.0706. The highest BCUT2D eigenvalue weighted by Crippen LogP contribution is 2.24. The summed E-state index contributed by atoms with van der Waals surface area (Å²) in [5, 5.41) is 3.75. The number of hydrogen-bond acceptors (Lipinski definition) is 3. The van der Waals surface area contributed by atoms with Gasteiger partial charge in [0.1, 0.15) is 11.8 Å². The number of nitrogens with one attached hydrogen (secondary N) is 1. The van der Waals surface area contributed by atoms with Crippen molar-refractivity contribution in [3.05, 3.63) is 63.1 Å². The average Bonchev–Trinajstić information content (AvgIpc) is 2.64. The molecule has 1 unspecified atom stereocenters. The molecule has 0 aliphatic carbocycles. The van der Waals surface area contributed by atoms with Gasteiger partial charge in [0.2, 0.25) is 5.91 Å². The van der Waals surface area contributed by atoms with Crippen molar-refractivity contribution in [1.29, 1.82) is 0 Å². The van der Waals surface area contributed by atoms with Crippen LogP contribution in [0.2, 0.25) is 10.0 Å². The molecule has 1 N–H and O–H groups in total. The number of benzene rings is 2. The first-order chi connectivity index (χ1) is 14.4. The molecule has 31 heavy (non-hydrogen) atoms. The smallest absolute Gasteiger partial charge is 0.261 e. The second-order valence-corrected chi connectivity index (χ2v) is 9.61. The van der Waals surface area contributed by atoms with Gasteiger partial charge in [-0.25, -0.2) is 0 Å². The van der Waals surface area contributed by atoms with Crippen LogP contribution in [0.25, 0.3) is 0 Å². The van der Waals surface area contributed by atoms with Crippen molar-refractivity contribution in [1.82, 2.24) is 10.2 Å².